The Kier molecular flexibility index (Phi) is 5.44. The molecule has 0 unspecified atom stereocenters. The lowest BCUT2D eigenvalue weighted by atomic mass is 10.2. The summed E-state index contributed by atoms with van der Waals surface area (Å²) < 4.78 is 0. The molecule has 1 fully saturated rings. The number of likely N-dealkylation sites (tertiary alicyclic amines) is 1. The van der Waals surface area contributed by atoms with Crippen molar-refractivity contribution in [3.05, 3.63) is 60.5 Å². The van der Waals surface area contributed by atoms with Gasteiger partial charge in [0.2, 0.25) is 5.88 Å². The molecule has 3 N–H and O–H groups in total. The highest BCUT2D eigenvalue weighted by molar-refractivity contribution is 7.21. The largest absolute Gasteiger partial charge is 0.493 e. The lowest BCUT2D eigenvalue weighted by Gasteiger charge is -2.26. The fraction of sp³-hybridized carbons (Fsp3) is 0.318. The molecule has 5 rings (SSSR count). The van der Waals surface area contributed by atoms with E-state index in [1.807, 2.05) is 29.4 Å². The topological polar surface area (TPSA) is 94.6 Å². The Morgan fingerprint density at radius 1 is 1.00 bits per heavy atom. The minimum Gasteiger partial charge on any atom is -0.493 e. The molecular formula is C22H25N7OS. The molecule has 160 valence electrons. The maximum atomic E-state index is 10.7. The van der Waals surface area contributed by atoms with Crippen molar-refractivity contribution in [3.63, 3.8) is 0 Å². The molecule has 5 heterocycles. The number of nitrogens with two attached hydrogens (primary N) is 1. The lowest BCUT2D eigenvalue weighted by molar-refractivity contribution is 0.277. The molecule has 31 heavy (non-hydrogen) atoms. The van der Waals surface area contributed by atoms with Crippen LogP contribution < -0.4 is 15.5 Å². The molecule has 0 atom stereocenters. The quantitative estimate of drug-likeness (QED) is 0.630. The van der Waals surface area contributed by atoms with Gasteiger partial charge in [-0.25, -0.2) is 15.0 Å². The number of aromatic nitrogens is 3. The van der Waals surface area contributed by atoms with Crippen LogP contribution in [0.2, 0.25) is 0 Å². The molecular weight excluding hydrogens is 410 g/mol. The Morgan fingerprint density at radius 3 is 2.65 bits per heavy atom. The van der Waals surface area contributed by atoms with Gasteiger partial charge in [-0.2, -0.15) is 0 Å². The fourth-order valence-corrected chi connectivity index (χ4v) is 4.69. The molecule has 0 aliphatic carbocycles. The van der Waals surface area contributed by atoms with E-state index in [-0.39, 0.29) is 5.88 Å². The van der Waals surface area contributed by atoms with Crippen molar-refractivity contribution in [1.29, 1.82) is 0 Å². The third-order valence-electron chi connectivity index (χ3n) is 5.56. The van der Waals surface area contributed by atoms with Crippen LogP contribution in [0.15, 0.2) is 54.9 Å². The number of nitrogen functional groups attached to an aromatic ring is 1. The molecule has 9 heteroatoms. The highest BCUT2D eigenvalue weighted by Gasteiger charge is 2.18. The third-order valence-corrected chi connectivity index (χ3v) is 6.36. The molecule has 0 saturated carbocycles. The number of hydrogen-bond donors (Lipinski definition) is 2. The van der Waals surface area contributed by atoms with E-state index in [1.165, 1.54) is 42.6 Å². The maximum Gasteiger partial charge on any atom is 0.214 e. The Labute approximate surface area is 185 Å². The molecule has 0 radical (unpaired) electrons. The zero-order chi connectivity index (χ0) is 21.2. The number of aliphatic hydroxyl groups is 1. The first-order valence-electron chi connectivity index (χ1n) is 10.5. The van der Waals surface area contributed by atoms with Crippen LogP contribution in [-0.4, -0.2) is 38.0 Å². The number of anilines is 3. The van der Waals surface area contributed by atoms with E-state index in [0.29, 0.717) is 10.9 Å². The normalized spacial score (nSPS) is 17.7. The molecule has 2 aliphatic heterocycles. The Bertz CT molecular complexity index is 1130. The molecule has 3 aromatic heterocycles. The molecule has 2 aliphatic rings. The summed E-state index contributed by atoms with van der Waals surface area (Å²) in [5, 5.41) is 11.2. The molecule has 3 aromatic rings. The van der Waals surface area contributed by atoms with E-state index >= 15 is 0 Å². The summed E-state index contributed by atoms with van der Waals surface area (Å²) in [4.78, 5) is 20.0. The second-order valence-corrected chi connectivity index (χ2v) is 8.83. The highest BCUT2D eigenvalue weighted by atomic mass is 32.1. The van der Waals surface area contributed by atoms with Crippen LogP contribution in [-0.2, 0) is 6.54 Å². The predicted molar refractivity (Wildman–Crippen MR) is 125 cm³/mol. The first kappa shape index (κ1) is 19.8. The average Bonchev–Trinajstić information content (AvgIpc) is 2.96. The Morgan fingerprint density at radius 2 is 1.84 bits per heavy atom. The van der Waals surface area contributed by atoms with E-state index in [0.717, 1.165) is 35.8 Å². The van der Waals surface area contributed by atoms with Crippen molar-refractivity contribution < 1.29 is 5.11 Å². The van der Waals surface area contributed by atoms with Crippen LogP contribution in [0.4, 0.5) is 16.8 Å². The Hall–Kier alpha value is -3.17. The van der Waals surface area contributed by atoms with Gasteiger partial charge in [-0.05, 0) is 55.8 Å². The minimum absolute atomic E-state index is 0.0616. The van der Waals surface area contributed by atoms with Crippen LogP contribution in [0.25, 0.3) is 10.3 Å². The van der Waals surface area contributed by atoms with Gasteiger partial charge in [-0.3, -0.25) is 9.80 Å². The van der Waals surface area contributed by atoms with Crippen molar-refractivity contribution in [2.75, 3.05) is 28.6 Å². The fourth-order valence-electron chi connectivity index (χ4n) is 3.99. The van der Waals surface area contributed by atoms with Crippen molar-refractivity contribution in [1.82, 2.24) is 19.9 Å². The number of aliphatic hydroxyl groups excluding tert-OH is 1. The molecule has 1 saturated heterocycles. The first-order valence-corrected chi connectivity index (χ1v) is 11.3. The molecule has 0 bridgehead atoms. The number of thiazole rings is 1. The van der Waals surface area contributed by atoms with Crippen molar-refractivity contribution in [2.24, 2.45) is 0 Å². The zero-order valence-corrected chi connectivity index (χ0v) is 18.0. The minimum atomic E-state index is 0.0616. The van der Waals surface area contributed by atoms with Gasteiger partial charge in [-0.1, -0.05) is 24.2 Å². The van der Waals surface area contributed by atoms with Gasteiger partial charge in [0.1, 0.15) is 22.0 Å². The van der Waals surface area contributed by atoms with Gasteiger partial charge >= 0.3 is 0 Å². The smallest absolute Gasteiger partial charge is 0.214 e. The summed E-state index contributed by atoms with van der Waals surface area (Å²) in [7, 11) is 0. The SMILES string of the molecule is Nc1nc2ccc(N3C=CN(c4cc(CN5CCCCCC5)ccn4)C=C3O)nc2s1. The van der Waals surface area contributed by atoms with Gasteiger partial charge in [0.15, 0.2) is 5.13 Å². The Balaban J connectivity index is 1.33. The van der Waals surface area contributed by atoms with E-state index in [9.17, 15) is 5.11 Å². The van der Waals surface area contributed by atoms with Crippen LogP contribution >= 0.6 is 11.3 Å². The van der Waals surface area contributed by atoms with E-state index in [2.05, 4.69) is 32.0 Å². The molecule has 0 spiro atoms. The summed E-state index contributed by atoms with van der Waals surface area (Å²) in [6.07, 6.45) is 12.3. The molecule has 8 nitrogen and oxygen atoms in total. The molecule has 0 aromatic carbocycles. The summed E-state index contributed by atoms with van der Waals surface area (Å²) in [5.74, 6) is 1.43. The number of rotatable bonds is 4. The van der Waals surface area contributed by atoms with Gasteiger partial charge < -0.3 is 15.7 Å². The lowest BCUT2D eigenvalue weighted by Crippen LogP contribution is -2.26. The summed E-state index contributed by atoms with van der Waals surface area (Å²) in [6, 6.07) is 7.81. The average molecular weight is 436 g/mol. The number of pyridine rings is 2. The first-order chi connectivity index (χ1) is 15.2. The maximum absolute atomic E-state index is 10.7. The zero-order valence-electron chi connectivity index (χ0n) is 17.2. The monoisotopic (exact) mass is 435 g/mol. The van der Waals surface area contributed by atoms with Crippen LogP contribution in [0.5, 0.6) is 0 Å². The van der Waals surface area contributed by atoms with Crippen LogP contribution in [0.3, 0.4) is 0 Å². The summed E-state index contributed by atoms with van der Waals surface area (Å²) in [6.45, 7) is 3.23. The highest BCUT2D eigenvalue weighted by Crippen LogP contribution is 2.28. The summed E-state index contributed by atoms with van der Waals surface area (Å²) >= 11 is 1.33. The van der Waals surface area contributed by atoms with Gasteiger partial charge in [0.05, 0.1) is 6.20 Å². The van der Waals surface area contributed by atoms with Crippen LogP contribution in [0.1, 0.15) is 31.2 Å². The number of hydrogen-bond acceptors (Lipinski definition) is 9. The van der Waals surface area contributed by atoms with E-state index < -0.39 is 0 Å². The van der Waals surface area contributed by atoms with Crippen molar-refractivity contribution >= 4 is 38.5 Å². The predicted octanol–water partition coefficient (Wildman–Crippen LogP) is 4.20. The van der Waals surface area contributed by atoms with Crippen molar-refractivity contribution in [3.8, 4) is 0 Å². The second kappa shape index (κ2) is 8.52. The van der Waals surface area contributed by atoms with Crippen LogP contribution in [0, 0.1) is 0 Å². The van der Waals surface area contributed by atoms with Gasteiger partial charge in [-0.15, -0.1) is 0 Å². The number of nitrogens with zero attached hydrogens (tertiary/aromatic N) is 6. The third kappa shape index (κ3) is 4.33. The summed E-state index contributed by atoms with van der Waals surface area (Å²) in [5.41, 5.74) is 7.75. The second-order valence-electron chi connectivity index (χ2n) is 7.82. The van der Waals surface area contributed by atoms with Crippen molar-refractivity contribution in [2.45, 2.75) is 32.2 Å². The van der Waals surface area contributed by atoms with E-state index in [4.69, 9.17) is 5.73 Å². The van der Waals surface area contributed by atoms with Gasteiger partial charge in [0.25, 0.3) is 0 Å². The van der Waals surface area contributed by atoms with E-state index in [1.54, 1.807) is 17.3 Å². The van der Waals surface area contributed by atoms with Gasteiger partial charge in [0, 0.05) is 25.1 Å². The number of fused-ring (bicyclic) bond motifs is 1. The molecule has 0 amide bonds. The standard InChI is InChI=1S/C22H25N7OS/c23-22-25-17-5-6-18(26-21(17)31-22)29-12-11-28(15-20(29)30)19-13-16(7-8-24-19)14-27-9-3-1-2-4-10-27/h5-8,11-13,15,30H,1-4,9-10,14H2,(H2,23,25).